The molecule has 0 aromatic heterocycles. The highest BCUT2D eigenvalue weighted by Crippen LogP contribution is 2.22. The van der Waals surface area contributed by atoms with Gasteiger partial charge in [0.05, 0.1) is 6.61 Å². The molecule has 1 heterocycles. The van der Waals surface area contributed by atoms with Crippen molar-refractivity contribution in [2.75, 3.05) is 19.8 Å². The van der Waals surface area contributed by atoms with Crippen molar-refractivity contribution in [3.05, 3.63) is 29.6 Å². The van der Waals surface area contributed by atoms with Crippen LogP contribution in [0.3, 0.4) is 0 Å². The van der Waals surface area contributed by atoms with Crippen LogP contribution in [0, 0.1) is 11.7 Å². The van der Waals surface area contributed by atoms with Crippen molar-refractivity contribution in [3.63, 3.8) is 0 Å². The van der Waals surface area contributed by atoms with Gasteiger partial charge in [-0.15, -0.1) is 11.6 Å². The minimum absolute atomic E-state index is 0.311. The maximum atomic E-state index is 13.6. The summed E-state index contributed by atoms with van der Waals surface area (Å²) in [5, 5.41) is 0. The van der Waals surface area contributed by atoms with Crippen LogP contribution in [0.5, 0.6) is 5.75 Å². The fourth-order valence-electron chi connectivity index (χ4n) is 1.87. The second-order valence-corrected chi connectivity index (χ2v) is 4.53. The normalized spacial score (nSPS) is 17.1. The summed E-state index contributed by atoms with van der Waals surface area (Å²) >= 11 is 5.63. The topological polar surface area (TPSA) is 18.5 Å². The van der Waals surface area contributed by atoms with Gasteiger partial charge in [-0.25, -0.2) is 4.39 Å². The highest BCUT2D eigenvalue weighted by Gasteiger charge is 2.15. The molecule has 17 heavy (non-hydrogen) atoms. The van der Waals surface area contributed by atoms with E-state index in [0.29, 0.717) is 24.2 Å². The van der Waals surface area contributed by atoms with Crippen molar-refractivity contribution in [2.24, 2.45) is 5.92 Å². The van der Waals surface area contributed by atoms with Crippen molar-refractivity contribution >= 4 is 11.6 Å². The summed E-state index contributed by atoms with van der Waals surface area (Å²) in [5.74, 6) is 0.758. The van der Waals surface area contributed by atoms with Gasteiger partial charge in [0.1, 0.15) is 0 Å². The molecule has 0 amide bonds. The van der Waals surface area contributed by atoms with Gasteiger partial charge >= 0.3 is 0 Å². The zero-order valence-electron chi connectivity index (χ0n) is 9.62. The third-order valence-corrected chi connectivity index (χ3v) is 3.27. The molecule has 0 atom stereocenters. The summed E-state index contributed by atoms with van der Waals surface area (Å²) in [4.78, 5) is 0. The molecule has 1 aromatic rings. The van der Waals surface area contributed by atoms with Crippen LogP contribution >= 0.6 is 11.6 Å². The van der Waals surface area contributed by atoms with Crippen LogP contribution in [-0.2, 0) is 10.6 Å². The summed E-state index contributed by atoms with van der Waals surface area (Å²) in [6.45, 7) is 2.11. The minimum Gasteiger partial charge on any atom is -0.490 e. The lowest BCUT2D eigenvalue weighted by atomic mass is 10.0. The van der Waals surface area contributed by atoms with Gasteiger partial charge in [0.25, 0.3) is 0 Å². The molecule has 1 aromatic carbocycles. The van der Waals surface area contributed by atoms with Gasteiger partial charge < -0.3 is 9.47 Å². The van der Waals surface area contributed by atoms with Crippen LogP contribution in [0.15, 0.2) is 18.2 Å². The summed E-state index contributed by atoms with van der Waals surface area (Å²) in [6.07, 6.45) is 1.97. The Morgan fingerprint density at radius 3 is 2.76 bits per heavy atom. The van der Waals surface area contributed by atoms with Gasteiger partial charge in [-0.3, -0.25) is 0 Å². The molecule has 0 radical (unpaired) electrons. The van der Waals surface area contributed by atoms with E-state index >= 15 is 0 Å². The van der Waals surface area contributed by atoms with Crippen LogP contribution in [0.1, 0.15) is 18.4 Å². The number of benzene rings is 1. The fourth-order valence-corrected chi connectivity index (χ4v) is 2.03. The van der Waals surface area contributed by atoms with Gasteiger partial charge in [-0.05, 0) is 36.5 Å². The van der Waals surface area contributed by atoms with Gasteiger partial charge in [-0.2, -0.15) is 0 Å². The van der Waals surface area contributed by atoms with E-state index in [1.165, 1.54) is 6.07 Å². The van der Waals surface area contributed by atoms with Crippen molar-refractivity contribution < 1.29 is 13.9 Å². The van der Waals surface area contributed by atoms with Gasteiger partial charge in [0.2, 0.25) is 0 Å². The Morgan fingerprint density at radius 2 is 2.12 bits per heavy atom. The zero-order valence-corrected chi connectivity index (χ0v) is 10.4. The van der Waals surface area contributed by atoms with Crippen molar-refractivity contribution in [1.29, 1.82) is 0 Å². The maximum Gasteiger partial charge on any atom is 0.165 e. The summed E-state index contributed by atoms with van der Waals surface area (Å²) < 4.78 is 24.3. The molecule has 1 aliphatic rings. The molecular formula is C13H16ClFO2. The van der Waals surface area contributed by atoms with E-state index in [0.717, 1.165) is 31.6 Å². The third kappa shape index (κ3) is 3.58. The Labute approximate surface area is 106 Å². The first-order valence-electron chi connectivity index (χ1n) is 5.84. The lowest BCUT2D eigenvalue weighted by Crippen LogP contribution is -2.21. The Bertz CT molecular complexity index is 364. The molecular weight excluding hydrogens is 243 g/mol. The number of rotatable bonds is 4. The molecule has 2 nitrogen and oxygen atoms in total. The monoisotopic (exact) mass is 258 g/mol. The highest BCUT2D eigenvalue weighted by molar-refractivity contribution is 6.17. The number of alkyl halides is 1. The molecule has 0 N–H and O–H groups in total. The van der Waals surface area contributed by atoms with Crippen molar-refractivity contribution in [1.82, 2.24) is 0 Å². The van der Waals surface area contributed by atoms with E-state index in [4.69, 9.17) is 21.1 Å². The smallest absolute Gasteiger partial charge is 0.165 e. The average Bonchev–Trinajstić information content (AvgIpc) is 2.38. The maximum absolute atomic E-state index is 13.6. The molecule has 0 saturated carbocycles. The summed E-state index contributed by atoms with van der Waals surface area (Å²) in [5.41, 5.74) is 0.766. The molecule has 0 unspecified atom stereocenters. The number of hydrogen-bond donors (Lipinski definition) is 0. The van der Waals surface area contributed by atoms with Crippen LogP contribution in [0.2, 0.25) is 0 Å². The van der Waals surface area contributed by atoms with E-state index in [2.05, 4.69) is 0 Å². The molecule has 4 heteroatoms. The van der Waals surface area contributed by atoms with E-state index < -0.39 is 0 Å². The number of ether oxygens (including phenoxy) is 2. The SMILES string of the molecule is Fc1cc(CCl)ccc1OCC1CCOCC1. The van der Waals surface area contributed by atoms with E-state index in [1.807, 2.05) is 0 Å². The fraction of sp³-hybridized carbons (Fsp3) is 0.538. The van der Waals surface area contributed by atoms with Crippen molar-refractivity contribution in [3.8, 4) is 5.75 Å². The summed E-state index contributed by atoms with van der Waals surface area (Å²) in [6, 6.07) is 4.86. The molecule has 0 spiro atoms. The van der Waals surface area contributed by atoms with Crippen LogP contribution in [0.4, 0.5) is 4.39 Å². The summed E-state index contributed by atoms with van der Waals surface area (Å²) in [7, 11) is 0. The molecule has 1 aliphatic heterocycles. The van der Waals surface area contributed by atoms with E-state index in [-0.39, 0.29) is 5.82 Å². The van der Waals surface area contributed by atoms with Crippen LogP contribution < -0.4 is 4.74 Å². The predicted octanol–water partition coefficient (Wildman–Crippen LogP) is 3.37. The second-order valence-electron chi connectivity index (χ2n) is 4.27. The first-order valence-corrected chi connectivity index (χ1v) is 6.38. The highest BCUT2D eigenvalue weighted by atomic mass is 35.5. The lowest BCUT2D eigenvalue weighted by molar-refractivity contribution is 0.0491. The molecule has 0 bridgehead atoms. The molecule has 0 aliphatic carbocycles. The van der Waals surface area contributed by atoms with Crippen molar-refractivity contribution in [2.45, 2.75) is 18.7 Å². The molecule has 1 fully saturated rings. The van der Waals surface area contributed by atoms with E-state index in [9.17, 15) is 4.39 Å². The van der Waals surface area contributed by atoms with E-state index in [1.54, 1.807) is 12.1 Å². The second kappa shape index (κ2) is 6.22. The lowest BCUT2D eigenvalue weighted by Gasteiger charge is -2.22. The third-order valence-electron chi connectivity index (χ3n) is 2.97. The van der Waals surface area contributed by atoms with Gasteiger partial charge in [-0.1, -0.05) is 6.07 Å². The largest absolute Gasteiger partial charge is 0.490 e. The van der Waals surface area contributed by atoms with Crippen LogP contribution in [0.25, 0.3) is 0 Å². The zero-order chi connectivity index (χ0) is 12.1. The Kier molecular flexibility index (Phi) is 4.63. The van der Waals surface area contributed by atoms with Gasteiger partial charge in [0, 0.05) is 19.1 Å². The molecule has 2 rings (SSSR count). The van der Waals surface area contributed by atoms with Gasteiger partial charge in [0.15, 0.2) is 11.6 Å². The quantitative estimate of drug-likeness (QED) is 0.771. The number of hydrogen-bond acceptors (Lipinski definition) is 2. The number of halogens is 2. The standard InChI is InChI=1S/C13H16ClFO2/c14-8-11-1-2-13(12(15)7-11)17-9-10-3-5-16-6-4-10/h1-2,7,10H,3-6,8-9H2. The Hall–Kier alpha value is -0.800. The Morgan fingerprint density at radius 1 is 1.35 bits per heavy atom. The molecule has 94 valence electrons. The average molecular weight is 259 g/mol. The van der Waals surface area contributed by atoms with Crippen LogP contribution in [-0.4, -0.2) is 19.8 Å². The predicted molar refractivity (Wildman–Crippen MR) is 65.0 cm³/mol. The molecule has 1 saturated heterocycles. The Balaban J connectivity index is 1.89. The minimum atomic E-state index is -0.338. The first-order chi connectivity index (χ1) is 8.29. The first kappa shape index (κ1) is 12.7.